The van der Waals surface area contributed by atoms with Crippen molar-refractivity contribution in [3.8, 4) is 0 Å². The Morgan fingerprint density at radius 2 is 1.80 bits per heavy atom. The van der Waals surface area contributed by atoms with Crippen LogP contribution < -0.4 is 16.0 Å². The molecule has 25 heavy (non-hydrogen) atoms. The number of hydrogen-bond acceptors (Lipinski definition) is 3. The average Bonchev–Trinajstić information content (AvgIpc) is 2.81. The molecule has 1 aromatic carbocycles. The molecule has 7 heteroatoms. The molecule has 2 fully saturated rings. The summed E-state index contributed by atoms with van der Waals surface area (Å²) in [6.07, 6.45) is 2.13. The molecule has 0 bridgehead atoms. The number of amides is 4. The molecule has 1 aliphatic heterocycles. The minimum atomic E-state index is -0.824. The summed E-state index contributed by atoms with van der Waals surface area (Å²) in [6.45, 7) is 3.95. The molecule has 1 saturated heterocycles. The van der Waals surface area contributed by atoms with E-state index in [2.05, 4.69) is 31.9 Å². The van der Waals surface area contributed by atoms with E-state index in [1.807, 2.05) is 38.1 Å². The lowest BCUT2D eigenvalue weighted by atomic mass is 9.76. The zero-order valence-electron chi connectivity index (χ0n) is 14.3. The van der Waals surface area contributed by atoms with E-state index in [1.54, 1.807) is 0 Å². The SMILES string of the molecule is CC(C)(NC(=O)C1CCC2(CC1)NC(=O)NC2=O)c1ccc(Br)cc1. The molecule has 4 amide bonds. The van der Waals surface area contributed by atoms with Crippen LogP contribution in [0.3, 0.4) is 0 Å². The third kappa shape index (κ3) is 3.56. The Bertz CT molecular complexity index is 707. The van der Waals surface area contributed by atoms with Gasteiger partial charge in [0, 0.05) is 10.4 Å². The molecule has 2 aliphatic rings. The van der Waals surface area contributed by atoms with E-state index in [4.69, 9.17) is 0 Å². The summed E-state index contributed by atoms with van der Waals surface area (Å²) in [7, 11) is 0. The molecule has 6 nitrogen and oxygen atoms in total. The number of carbonyl (C=O) groups is 3. The monoisotopic (exact) mass is 407 g/mol. The van der Waals surface area contributed by atoms with Gasteiger partial charge < -0.3 is 10.6 Å². The molecule has 0 unspecified atom stereocenters. The number of benzene rings is 1. The fourth-order valence-electron chi connectivity index (χ4n) is 3.60. The zero-order valence-corrected chi connectivity index (χ0v) is 15.9. The average molecular weight is 408 g/mol. The summed E-state index contributed by atoms with van der Waals surface area (Å²) < 4.78 is 0.993. The van der Waals surface area contributed by atoms with Crippen LogP contribution in [0.4, 0.5) is 4.79 Å². The summed E-state index contributed by atoms with van der Waals surface area (Å²) >= 11 is 3.41. The van der Waals surface area contributed by atoms with Crippen LogP contribution in [0.2, 0.25) is 0 Å². The third-order valence-electron chi connectivity index (χ3n) is 5.23. The van der Waals surface area contributed by atoms with Crippen molar-refractivity contribution < 1.29 is 14.4 Å². The molecule has 134 valence electrons. The van der Waals surface area contributed by atoms with Gasteiger partial charge in [0.25, 0.3) is 5.91 Å². The number of hydrogen-bond donors (Lipinski definition) is 3. The highest BCUT2D eigenvalue weighted by atomic mass is 79.9. The number of halogens is 1. The Morgan fingerprint density at radius 1 is 1.20 bits per heavy atom. The van der Waals surface area contributed by atoms with Crippen LogP contribution in [0.25, 0.3) is 0 Å². The van der Waals surface area contributed by atoms with Crippen molar-refractivity contribution in [2.75, 3.05) is 0 Å². The zero-order chi connectivity index (χ0) is 18.2. The van der Waals surface area contributed by atoms with Crippen LogP contribution in [0.5, 0.6) is 0 Å². The lowest BCUT2D eigenvalue weighted by molar-refractivity contribution is -0.131. The molecule has 1 heterocycles. The summed E-state index contributed by atoms with van der Waals surface area (Å²) in [5.41, 5.74) is -0.278. The molecule has 3 N–H and O–H groups in total. The van der Waals surface area contributed by atoms with E-state index in [0.29, 0.717) is 25.7 Å². The molecule has 0 atom stereocenters. The first kappa shape index (κ1) is 17.9. The van der Waals surface area contributed by atoms with Crippen molar-refractivity contribution in [3.05, 3.63) is 34.3 Å². The van der Waals surface area contributed by atoms with Gasteiger partial charge in [-0.2, -0.15) is 0 Å². The van der Waals surface area contributed by atoms with E-state index < -0.39 is 17.1 Å². The van der Waals surface area contributed by atoms with Gasteiger partial charge >= 0.3 is 6.03 Å². The van der Waals surface area contributed by atoms with Gasteiger partial charge in [-0.25, -0.2) is 4.79 Å². The van der Waals surface area contributed by atoms with E-state index in [0.717, 1.165) is 10.0 Å². The molecule has 3 rings (SSSR count). The predicted molar refractivity (Wildman–Crippen MR) is 96.7 cm³/mol. The van der Waals surface area contributed by atoms with Gasteiger partial charge in [0.05, 0.1) is 5.54 Å². The molecule has 1 aliphatic carbocycles. The van der Waals surface area contributed by atoms with Gasteiger partial charge in [-0.15, -0.1) is 0 Å². The van der Waals surface area contributed by atoms with Crippen molar-refractivity contribution in [1.29, 1.82) is 0 Å². The Morgan fingerprint density at radius 3 is 2.32 bits per heavy atom. The van der Waals surface area contributed by atoms with E-state index in [-0.39, 0.29) is 17.7 Å². The highest BCUT2D eigenvalue weighted by molar-refractivity contribution is 9.10. The Labute approximate surface area is 155 Å². The van der Waals surface area contributed by atoms with Gasteiger partial charge in [-0.05, 0) is 57.2 Å². The topological polar surface area (TPSA) is 87.3 Å². The van der Waals surface area contributed by atoms with Crippen LogP contribution in [-0.2, 0) is 15.1 Å². The molecule has 1 saturated carbocycles. The summed E-state index contributed by atoms with van der Waals surface area (Å²) in [6, 6.07) is 7.44. The van der Waals surface area contributed by atoms with Crippen LogP contribution >= 0.6 is 15.9 Å². The molecule has 0 aromatic heterocycles. The number of nitrogens with one attached hydrogen (secondary N) is 3. The molecule has 0 radical (unpaired) electrons. The highest BCUT2D eigenvalue weighted by Gasteiger charge is 2.49. The maximum absolute atomic E-state index is 12.7. The minimum Gasteiger partial charge on any atom is -0.347 e. The first-order valence-electron chi connectivity index (χ1n) is 8.44. The maximum Gasteiger partial charge on any atom is 0.322 e. The Kier molecular flexibility index (Phi) is 4.62. The van der Waals surface area contributed by atoms with Crippen molar-refractivity contribution in [1.82, 2.24) is 16.0 Å². The van der Waals surface area contributed by atoms with Gasteiger partial charge in [-0.1, -0.05) is 28.1 Å². The number of urea groups is 1. The molecule has 1 spiro atoms. The van der Waals surface area contributed by atoms with Crippen LogP contribution in [0, 0.1) is 5.92 Å². The molecular formula is C18H22BrN3O3. The van der Waals surface area contributed by atoms with Crippen LogP contribution in [-0.4, -0.2) is 23.4 Å². The van der Waals surface area contributed by atoms with Crippen LogP contribution in [0.15, 0.2) is 28.7 Å². The minimum absolute atomic E-state index is 0.00694. The second-order valence-electron chi connectivity index (χ2n) is 7.39. The third-order valence-corrected chi connectivity index (χ3v) is 5.75. The maximum atomic E-state index is 12.7. The first-order chi connectivity index (χ1) is 11.7. The van der Waals surface area contributed by atoms with Gasteiger partial charge in [-0.3, -0.25) is 14.9 Å². The normalized spacial score (nSPS) is 26.3. The molecular weight excluding hydrogens is 386 g/mol. The van der Waals surface area contributed by atoms with E-state index in [1.165, 1.54) is 0 Å². The standard InChI is InChI=1S/C18H22BrN3O3/c1-17(2,12-3-5-13(19)6-4-12)21-14(23)11-7-9-18(10-8-11)15(24)20-16(25)22-18/h3-6,11H,7-10H2,1-2H3,(H,21,23)(H2,20,22,24,25). The quantitative estimate of drug-likeness (QED) is 0.672. The van der Waals surface area contributed by atoms with Gasteiger partial charge in [0.1, 0.15) is 5.54 Å². The summed E-state index contributed by atoms with van der Waals surface area (Å²) in [4.78, 5) is 36.1. The number of imide groups is 1. The Hall–Kier alpha value is -1.89. The van der Waals surface area contributed by atoms with Gasteiger partial charge in [0.15, 0.2) is 0 Å². The highest BCUT2D eigenvalue weighted by Crippen LogP contribution is 2.35. The lowest BCUT2D eigenvalue weighted by Crippen LogP contribution is -2.52. The second-order valence-corrected chi connectivity index (χ2v) is 8.30. The van der Waals surface area contributed by atoms with Crippen molar-refractivity contribution in [2.24, 2.45) is 5.92 Å². The number of carbonyl (C=O) groups excluding carboxylic acids is 3. The second kappa shape index (κ2) is 6.44. The number of rotatable bonds is 3. The van der Waals surface area contributed by atoms with E-state index >= 15 is 0 Å². The smallest absolute Gasteiger partial charge is 0.322 e. The van der Waals surface area contributed by atoms with E-state index in [9.17, 15) is 14.4 Å². The Balaban J connectivity index is 1.62. The largest absolute Gasteiger partial charge is 0.347 e. The fourth-order valence-corrected chi connectivity index (χ4v) is 3.87. The van der Waals surface area contributed by atoms with Crippen molar-refractivity contribution in [2.45, 2.75) is 50.6 Å². The van der Waals surface area contributed by atoms with Crippen molar-refractivity contribution >= 4 is 33.8 Å². The fraction of sp³-hybridized carbons (Fsp3) is 0.500. The van der Waals surface area contributed by atoms with Gasteiger partial charge in [0.2, 0.25) is 5.91 Å². The van der Waals surface area contributed by atoms with Crippen molar-refractivity contribution in [3.63, 3.8) is 0 Å². The first-order valence-corrected chi connectivity index (χ1v) is 9.23. The lowest BCUT2D eigenvalue weighted by Gasteiger charge is -2.36. The summed E-state index contributed by atoms with van der Waals surface area (Å²) in [5, 5.41) is 8.13. The summed E-state index contributed by atoms with van der Waals surface area (Å²) in [5.74, 6) is -0.426. The van der Waals surface area contributed by atoms with Crippen LogP contribution in [0.1, 0.15) is 45.1 Å². The predicted octanol–water partition coefficient (Wildman–Crippen LogP) is 2.57. The molecule has 1 aromatic rings.